The highest BCUT2D eigenvalue weighted by Crippen LogP contribution is 2.35. The van der Waals surface area contributed by atoms with E-state index >= 15 is 0 Å². The number of rotatable bonds is 5. The van der Waals surface area contributed by atoms with Crippen molar-refractivity contribution in [2.75, 3.05) is 6.54 Å². The van der Waals surface area contributed by atoms with E-state index in [4.69, 9.17) is 4.74 Å². The fourth-order valence-corrected chi connectivity index (χ4v) is 4.83. The first kappa shape index (κ1) is 24.7. The molecule has 0 radical (unpaired) electrons. The molecule has 10 heteroatoms. The number of hydrogen-bond acceptors (Lipinski definition) is 5. The molecule has 2 aromatic carbocycles. The lowest BCUT2D eigenvalue weighted by Crippen LogP contribution is -2.38. The fourth-order valence-electron chi connectivity index (χ4n) is 3.80. The number of alkyl halides is 3. The summed E-state index contributed by atoms with van der Waals surface area (Å²) >= 11 is 1.07. The average Bonchev–Trinajstić information content (AvgIpc) is 3.19. The van der Waals surface area contributed by atoms with Crippen LogP contribution in [0.15, 0.2) is 42.5 Å². The number of carboxylic acids is 1. The number of aliphatic carboxylic acids is 1. The molecule has 1 aliphatic heterocycles. The van der Waals surface area contributed by atoms with Gasteiger partial charge in [0, 0.05) is 18.7 Å². The zero-order valence-corrected chi connectivity index (χ0v) is 20.1. The number of aryl methyl sites for hydroxylation is 1. The Bertz CT molecular complexity index is 1300. The van der Waals surface area contributed by atoms with Gasteiger partial charge in [0.15, 0.2) is 5.60 Å². The number of hydrogen-bond donors (Lipinski definition) is 1. The Hall–Kier alpha value is -3.40. The lowest BCUT2D eigenvalue weighted by atomic mass is 9.99. The predicted octanol–water partition coefficient (Wildman–Crippen LogP) is 5.58. The van der Waals surface area contributed by atoms with Crippen LogP contribution in [0.1, 0.15) is 45.9 Å². The molecule has 0 fully saturated rings. The third-order valence-corrected chi connectivity index (χ3v) is 6.99. The second-order valence-corrected chi connectivity index (χ2v) is 9.84. The molecule has 0 atom stereocenters. The molecule has 6 nitrogen and oxygen atoms in total. The lowest BCUT2D eigenvalue weighted by Gasteiger charge is -2.29. The van der Waals surface area contributed by atoms with Crippen molar-refractivity contribution < 1.29 is 32.6 Å². The number of benzene rings is 2. The topological polar surface area (TPSA) is 79.7 Å². The molecule has 2 heterocycles. The molecule has 1 amide bonds. The quantitative estimate of drug-likeness (QED) is 0.491. The molecule has 1 N–H and O–H groups in total. The van der Waals surface area contributed by atoms with Gasteiger partial charge in [-0.2, -0.15) is 13.2 Å². The van der Waals surface area contributed by atoms with E-state index in [-0.39, 0.29) is 5.91 Å². The van der Waals surface area contributed by atoms with Crippen LogP contribution in [-0.4, -0.2) is 39.0 Å². The number of carboxylic acid groups (broad SMARTS) is 1. The predicted molar refractivity (Wildman–Crippen MR) is 125 cm³/mol. The Balaban J connectivity index is 1.56. The number of fused-ring (bicyclic) bond motifs is 1. The third-order valence-electron chi connectivity index (χ3n) is 5.79. The molecule has 0 saturated heterocycles. The molecule has 1 aliphatic rings. The van der Waals surface area contributed by atoms with Gasteiger partial charge in [-0.25, -0.2) is 9.78 Å². The van der Waals surface area contributed by atoms with Gasteiger partial charge in [-0.15, -0.1) is 11.3 Å². The highest BCUT2D eigenvalue weighted by molar-refractivity contribution is 7.17. The highest BCUT2D eigenvalue weighted by Gasteiger charge is 2.32. The fraction of sp³-hybridized carbons (Fsp3) is 0.320. The summed E-state index contributed by atoms with van der Waals surface area (Å²) in [4.78, 5) is 31.1. The van der Waals surface area contributed by atoms with Crippen molar-refractivity contribution in [3.8, 4) is 16.3 Å². The molecular formula is C25H23F3N2O4S. The SMILES string of the molecule is Cc1nc(-c2cccc(C(F)(F)F)c2)sc1C(=O)N1CCc2ccc(OC(C)(C)C(=O)O)cc2C1. The Kier molecular flexibility index (Phi) is 6.35. The zero-order chi connectivity index (χ0) is 25.5. The van der Waals surface area contributed by atoms with Crippen LogP contribution in [0.25, 0.3) is 10.6 Å². The Morgan fingerprint density at radius 1 is 1.11 bits per heavy atom. The Morgan fingerprint density at radius 3 is 2.54 bits per heavy atom. The van der Waals surface area contributed by atoms with Crippen molar-refractivity contribution in [3.63, 3.8) is 0 Å². The third kappa shape index (κ3) is 5.17. The van der Waals surface area contributed by atoms with E-state index in [1.165, 1.54) is 19.9 Å². The number of aromatic nitrogens is 1. The number of ether oxygens (including phenoxy) is 1. The maximum Gasteiger partial charge on any atom is 0.416 e. The summed E-state index contributed by atoms with van der Waals surface area (Å²) in [5, 5.41) is 9.66. The summed E-state index contributed by atoms with van der Waals surface area (Å²) in [5.41, 5.74) is 0.478. The lowest BCUT2D eigenvalue weighted by molar-refractivity contribution is -0.152. The van der Waals surface area contributed by atoms with E-state index in [0.29, 0.717) is 46.4 Å². The van der Waals surface area contributed by atoms with Crippen LogP contribution in [0.4, 0.5) is 13.2 Å². The largest absolute Gasteiger partial charge is 0.478 e. The van der Waals surface area contributed by atoms with Crippen LogP contribution in [0, 0.1) is 6.92 Å². The summed E-state index contributed by atoms with van der Waals surface area (Å²) in [6.07, 6.45) is -3.85. The first-order valence-corrected chi connectivity index (χ1v) is 11.7. The van der Waals surface area contributed by atoms with Gasteiger partial charge >= 0.3 is 12.1 Å². The average molecular weight is 505 g/mol. The smallest absolute Gasteiger partial charge is 0.416 e. The number of nitrogens with zero attached hydrogens (tertiary/aromatic N) is 2. The molecule has 35 heavy (non-hydrogen) atoms. The van der Waals surface area contributed by atoms with E-state index in [1.54, 1.807) is 30.0 Å². The van der Waals surface area contributed by atoms with Crippen molar-refractivity contribution in [1.82, 2.24) is 9.88 Å². The van der Waals surface area contributed by atoms with Gasteiger partial charge in [0.05, 0.1) is 11.3 Å². The first-order chi connectivity index (χ1) is 16.3. The van der Waals surface area contributed by atoms with Crippen LogP contribution < -0.4 is 4.74 Å². The number of carbonyl (C=O) groups is 2. The summed E-state index contributed by atoms with van der Waals surface area (Å²) in [6.45, 7) is 5.36. The number of amides is 1. The number of halogens is 3. The molecule has 0 aliphatic carbocycles. The van der Waals surface area contributed by atoms with Crippen molar-refractivity contribution >= 4 is 23.2 Å². The molecule has 0 bridgehead atoms. The van der Waals surface area contributed by atoms with E-state index in [0.717, 1.165) is 34.6 Å². The molecule has 0 unspecified atom stereocenters. The summed E-state index contributed by atoms with van der Waals surface area (Å²) in [7, 11) is 0. The summed E-state index contributed by atoms with van der Waals surface area (Å²) in [6, 6.07) is 10.2. The van der Waals surface area contributed by atoms with E-state index < -0.39 is 23.3 Å². The Labute approximate surface area is 204 Å². The molecule has 1 aromatic heterocycles. The van der Waals surface area contributed by atoms with Crippen LogP contribution in [-0.2, 0) is 23.9 Å². The van der Waals surface area contributed by atoms with Gasteiger partial charge in [-0.05, 0) is 62.6 Å². The Morgan fingerprint density at radius 2 is 1.86 bits per heavy atom. The van der Waals surface area contributed by atoms with Gasteiger partial charge in [0.25, 0.3) is 5.91 Å². The first-order valence-electron chi connectivity index (χ1n) is 10.8. The standard InChI is InChI=1S/C25H23F3N2O4S/c1-14-20(35-21(29-14)16-5-4-6-18(11-16)25(26,27)28)22(31)30-10-9-15-7-8-19(12-17(15)13-30)34-24(2,3)23(32)33/h4-8,11-12H,9-10,13H2,1-3H3,(H,32,33). The van der Waals surface area contributed by atoms with Crippen LogP contribution in [0.2, 0.25) is 0 Å². The van der Waals surface area contributed by atoms with Crippen LogP contribution in [0.3, 0.4) is 0 Å². The van der Waals surface area contributed by atoms with Gasteiger partial charge in [0.1, 0.15) is 15.6 Å². The van der Waals surface area contributed by atoms with Gasteiger partial charge in [-0.3, -0.25) is 4.79 Å². The summed E-state index contributed by atoms with van der Waals surface area (Å²) in [5.74, 6) is -0.948. The van der Waals surface area contributed by atoms with E-state index in [2.05, 4.69) is 4.98 Å². The molecule has 0 saturated carbocycles. The van der Waals surface area contributed by atoms with Crippen LogP contribution >= 0.6 is 11.3 Å². The maximum atomic E-state index is 13.3. The van der Waals surface area contributed by atoms with Crippen molar-refractivity contribution in [1.29, 1.82) is 0 Å². The molecule has 3 aromatic rings. The molecule has 184 valence electrons. The minimum Gasteiger partial charge on any atom is -0.478 e. The number of thiazole rings is 1. The second-order valence-electron chi connectivity index (χ2n) is 8.84. The minimum absolute atomic E-state index is 0.249. The normalized spacial score (nSPS) is 13.9. The van der Waals surface area contributed by atoms with Gasteiger partial charge in [0.2, 0.25) is 0 Å². The number of carbonyl (C=O) groups excluding carboxylic acids is 1. The van der Waals surface area contributed by atoms with Crippen LogP contribution in [0.5, 0.6) is 5.75 Å². The monoisotopic (exact) mass is 504 g/mol. The second kappa shape index (κ2) is 8.99. The zero-order valence-electron chi connectivity index (χ0n) is 19.3. The van der Waals surface area contributed by atoms with Gasteiger partial charge in [-0.1, -0.05) is 18.2 Å². The van der Waals surface area contributed by atoms with E-state index in [9.17, 15) is 27.9 Å². The molecule has 4 rings (SSSR count). The van der Waals surface area contributed by atoms with E-state index in [1.807, 2.05) is 6.07 Å². The minimum atomic E-state index is -4.47. The molecule has 0 spiro atoms. The highest BCUT2D eigenvalue weighted by atomic mass is 32.1. The summed E-state index contributed by atoms with van der Waals surface area (Å²) < 4.78 is 44.9. The molecular weight excluding hydrogens is 481 g/mol. The van der Waals surface area contributed by atoms with Gasteiger partial charge < -0.3 is 14.7 Å². The van der Waals surface area contributed by atoms with Crippen molar-refractivity contribution in [2.24, 2.45) is 0 Å². The van der Waals surface area contributed by atoms with Crippen molar-refractivity contribution in [2.45, 2.75) is 45.5 Å². The van der Waals surface area contributed by atoms with Crippen molar-refractivity contribution in [3.05, 3.63) is 69.7 Å². The maximum absolute atomic E-state index is 13.3.